The molecule has 0 radical (unpaired) electrons. The minimum absolute atomic E-state index is 0.00534. The number of rotatable bonds is 5. The number of halogens is 2. The Hall–Kier alpha value is -1.73. The maximum atomic E-state index is 13.5. The van der Waals surface area contributed by atoms with Crippen molar-refractivity contribution in [3.8, 4) is 0 Å². The molecule has 7 heteroatoms. The Balaban J connectivity index is 1.35. The summed E-state index contributed by atoms with van der Waals surface area (Å²) in [7, 11) is 0. The highest BCUT2D eigenvalue weighted by molar-refractivity contribution is 5.73. The van der Waals surface area contributed by atoms with Gasteiger partial charge in [-0.15, -0.1) is 0 Å². The van der Waals surface area contributed by atoms with Crippen molar-refractivity contribution in [1.82, 2.24) is 15.5 Å². The van der Waals surface area contributed by atoms with Crippen LogP contribution >= 0.6 is 0 Å². The van der Waals surface area contributed by atoms with Crippen LogP contribution < -0.4 is 10.6 Å². The van der Waals surface area contributed by atoms with Crippen LogP contribution in [0.15, 0.2) is 18.2 Å². The summed E-state index contributed by atoms with van der Waals surface area (Å²) in [6.45, 7) is 3.37. The van der Waals surface area contributed by atoms with Crippen molar-refractivity contribution in [2.75, 3.05) is 32.8 Å². The van der Waals surface area contributed by atoms with Crippen molar-refractivity contribution >= 4 is 6.03 Å². The van der Waals surface area contributed by atoms with E-state index >= 15 is 0 Å². The monoisotopic (exact) mass is 339 g/mol. The lowest BCUT2D eigenvalue weighted by molar-refractivity contribution is -0.0457. The molecule has 2 heterocycles. The van der Waals surface area contributed by atoms with Crippen molar-refractivity contribution in [3.05, 3.63) is 35.4 Å². The van der Waals surface area contributed by atoms with Crippen LogP contribution in [0, 0.1) is 11.6 Å². The largest absolute Gasteiger partial charge is 0.373 e. The Morgan fingerprint density at radius 3 is 3.08 bits per heavy atom. The van der Waals surface area contributed by atoms with Gasteiger partial charge in [-0.2, -0.15) is 0 Å². The molecule has 0 aromatic heterocycles. The van der Waals surface area contributed by atoms with Gasteiger partial charge in [-0.25, -0.2) is 13.6 Å². The molecule has 2 aliphatic heterocycles. The van der Waals surface area contributed by atoms with Gasteiger partial charge in [-0.05, 0) is 49.6 Å². The summed E-state index contributed by atoms with van der Waals surface area (Å²) in [5.41, 5.74) is 0.256. The first-order valence-electron chi connectivity index (χ1n) is 8.43. The van der Waals surface area contributed by atoms with Gasteiger partial charge in [0, 0.05) is 25.7 Å². The molecule has 5 nitrogen and oxygen atoms in total. The highest BCUT2D eigenvalue weighted by Gasteiger charge is 2.32. The Morgan fingerprint density at radius 2 is 2.21 bits per heavy atom. The van der Waals surface area contributed by atoms with Gasteiger partial charge in [0.25, 0.3) is 0 Å². The molecule has 1 aromatic carbocycles. The molecule has 0 bridgehead atoms. The van der Waals surface area contributed by atoms with E-state index in [0.29, 0.717) is 12.6 Å². The van der Waals surface area contributed by atoms with Crippen molar-refractivity contribution in [2.45, 2.75) is 31.4 Å². The third kappa shape index (κ3) is 4.42. The first-order valence-corrected chi connectivity index (χ1v) is 8.43. The van der Waals surface area contributed by atoms with E-state index in [4.69, 9.17) is 4.74 Å². The van der Waals surface area contributed by atoms with Crippen molar-refractivity contribution in [1.29, 1.82) is 0 Å². The lowest BCUT2D eigenvalue weighted by Crippen LogP contribution is -2.51. The summed E-state index contributed by atoms with van der Waals surface area (Å²) >= 11 is 0. The van der Waals surface area contributed by atoms with Crippen molar-refractivity contribution in [2.24, 2.45) is 0 Å². The van der Waals surface area contributed by atoms with Crippen LogP contribution in [0.1, 0.15) is 18.4 Å². The second-order valence-corrected chi connectivity index (χ2v) is 6.37. The second kappa shape index (κ2) is 7.90. The van der Waals surface area contributed by atoms with Gasteiger partial charge >= 0.3 is 6.03 Å². The minimum atomic E-state index is -0.481. The summed E-state index contributed by atoms with van der Waals surface area (Å²) < 4.78 is 32.3. The van der Waals surface area contributed by atoms with E-state index in [0.717, 1.165) is 37.9 Å². The number of urea groups is 1. The third-order valence-corrected chi connectivity index (χ3v) is 4.64. The maximum absolute atomic E-state index is 13.5. The van der Waals surface area contributed by atoms with Gasteiger partial charge in [-0.1, -0.05) is 0 Å². The number of carbonyl (C=O) groups excluding carboxylic acids is 1. The van der Waals surface area contributed by atoms with Crippen molar-refractivity contribution in [3.63, 3.8) is 0 Å². The first kappa shape index (κ1) is 17.1. The van der Waals surface area contributed by atoms with Crippen molar-refractivity contribution < 1.29 is 18.3 Å². The summed E-state index contributed by atoms with van der Waals surface area (Å²) in [6, 6.07) is 3.54. The summed E-state index contributed by atoms with van der Waals surface area (Å²) in [4.78, 5) is 14.2. The molecule has 0 unspecified atom stereocenters. The number of ether oxygens (including phenoxy) is 1. The number of benzene rings is 1. The molecule has 24 heavy (non-hydrogen) atoms. The molecular formula is C17H23F2N3O2. The third-order valence-electron chi connectivity index (χ3n) is 4.64. The molecule has 0 spiro atoms. The molecule has 132 valence electrons. The van der Waals surface area contributed by atoms with Gasteiger partial charge in [0.1, 0.15) is 11.6 Å². The van der Waals surface area contributed by atoms with E-state index in [1.165, 1.54) is 12.8 Å². The second-order valence-electron chi connectivity index (χ2n) is 6.37. The number of morpholine rings is 1. The molecular weight excluding hydrogens is 316 g/mol. The van der Waals surface area contributed by atoms with Crippen LogP contribution in [0.3, 0.4) is 0 Å². The summed E-state index contributed by atoms with van der Waals surface area (Å²) in [6.07, 6.45) is 2.65. The molecule has 2 N–H and O–H groups in total. The summed E-state index contributed by atoms with van der Waals surface area (Å²) in [5, 5.41) is 5.43. The molecule has 2 fully saturated rings. The van der Waals surface area contributed by atoms with E-state index in [-0.39, 0.29) is 30.7 Å². The SMILES string of the molecule is O=C(NCCc1cc(F)ccc1F)NC[C@H]1CN2CCC[C@H]2CO1. The number of hydrogen-bond donors (Lipinski definition) is 2. The fourth-order valence-corrected chi connectivity index (χ4v) is 3.32. The highest BCUT2D eigenvalue weighted by Crippen LogP contribution is 2.22. The normalized spacial score (nSPS) is 23.8. The topological polar surface area (TPSA) is 53.6 Å². The average Bonchev–Trinajstić information content (AvgIpc) is 3.04. The Kier molecular flexibility index (Phi) is 5.63. The van der Waals surface area contributed by atoms with E-state index < -0.39 is 11.6 Å². The number of amides is 2. The molecule has 2 saturated heterocycles. The van der Waals surface area contributed by atoms with E-state index in [1.807, 2.05) is 0 Å². The summed E-state index contributed by atoms with van der Waals surface area (Å²) in [5.74, 6) is -0.945. The van der Waals surface area contributed by atoms with Gasteiger partial charge < -0.3 is 15.4 Å². The molecule has 2 aliphatic rings. The Bertz CT molecular complexity index is 585. The highest BCUT2D eigenvalue weighted by atomic mass is 19.1. The zero-order chi connectivity index (χ0) is 16.9. The van der Waals surface area contributed by atoms with Gasteiger partial charge in [0.05, 0.1) is 12.7 Å². The lowest BCUT2D eigenvalue weighted by atomic mass is 10.1. The number of hydrogen-bond acceptors (Lipinski definition) is 3. The minimum Gasteiger partial charge on any atom is -0.373 e. The predicted molar refractivity (Wildman–Crippen MR) is 85.8 cm³/mol. The molecule has 3 rings (SSSR count). The van der Waals surface area contributed by atoms with E-state index in [1.54, 1.807) is 0 Å². The molecule has 2 amide bonds. The molecule has 2 atom stereocenters. The fraction of sp³-hybridized carbons (Fsp3) is 0.588. The van der Waals surface area contributed by atoms with Gasteiger partial charge in [0.2, 0.25) is 0 Å². The van der Waals surface area contributed by atoms with Crippen LogP contribution in [0.4, 0.5) is 13.6 Å². The number of nitrogens with one attached hydrogen (secondary N) is 2. The smallest absolute Gasteiger partial charge is 0.314 e. The van der Waals surface area contributed by atoms with Crippen LogP contribution in [-0.4, -0.2) is 55.9 Å². The number of fused-ring (bicyclic) bond motifs is 1. The standard InChI is InChI=1S/C17H23F2N3O2/c18-13-3-4-16(19)12(8-13)5-6-20-17(23)21-9-15-10-22-7-1-2-14(22)11-24-15/h3-4,8,14-15H,1-2,5-7,9-11H2,(H2,20,21,23)/t14-,15-/m0/s1. The zero-order valence-corrected chi connectivity index (χ0v) is 13.6. The number of nitrogens with zero attached hydrogens (tertiary/aromatic N) is 1. The molecule has 1 aromatic rings. The molecule has 0 aliphatic carbocycles. The Morgan fingerprint density at radius 1 is 1.33 bits per heavy atom. The predicted octanol–water partition coefficient (Wildman–Crippen LogP) is 1.67. The number of carbonyl (C=O) groups is 1. The zero-order valence-electron chi connectivity index (χ0n) is 13.6. The quantitative estimate of drug-likeness (QED) is 0.858. The fourth-order valence-electron chi connectivity index (χ4n) is 3.32. The van der Waals surface area contributed by atoms with Crippen LogP contribution in [-0.2, 0) is 11.2 Å². The van der Waals surface area contributed by atoms with E-state index in [2.05, 4.69) is 15.5 Å². The van der Waals surface area contributed by atoms with Gasteiger partial charge in [0.15, 0.2) is 0 Å². The Labute approximate surface area is 140 Å². The van der Waals surface area contributed by atoms with Crippen LogP contribution in [0.25, 0.3) is 0 Å². The maximum Gasteiger partial charge on any atom is 0.314 e. The molecule has 0 saturated carbocycles. The average molecular weight is 339 g/mol. The lowest BCUT2D eigenvalue weighted by Gasteiger charge is -2.35. The van der Waals surface area contributed by atoms with Crippen LogP contribution in [0.5, 0.6) is 0 Å². The van der Waals surface area contributed by atoms with Crippen LogP contribution in [0.2, 0.25) is 0 Å². The first-order chi connectivity index (χ1) is 11.6. The van der Waals surface area contributed by atoms with Gasteiger partial charge in [-0.3, -0.25) is 4.90 Å². The van der Waals surface area contributed by atoms with E-state index in [9.17, 15) is 13.6 Å².